The van der Waals surface area contributed by atoms with E-state index in [1.54, 1.807) is 19.1 Å². The zero-order chi connectivity index (χ0) is 22.2. The second-order valence-electron chi connectivity index (χ2n) is 6.76. The van der Waals surface area contributed by atoms with Gasteiger partial charge in [-0.05, 0) is 49.4 Å². The molecule has 1 amide bonds. The van der Waals surface area contributed by atoms with Crippen LogP contribution in [-0.4, -0.2) is 34.8 Å². The maximum absolute atomic E-state index is 13.5. The molecule has 2 heterocycles. The molecule has 4 aromatic rings. The molecule has 0 aliphatic heterocycles. The number of benzene rings is 2. The molecule has 0 atom stereocenters. The summed E-state index contributed by atoms with van der Waals surface area (Å²) in [6, 6.07) is 10.3. The maximum Gasteiger partial charge on any atom is 0.226 e. The summed E-state index contributed by atoms with van der Waals surface area (Å²) in [7, 11) is -3.74. The van der Waals surface area contributed by atoms with Crippen molar-refractivity contribution in [2.24, 2.45) is 0 Å². The lowest BCUT2D eigenvalue weighted by molar-refractivity contribution is -0.115. The Labute approximate surface area is 180 Å². The summed E-state index contributed by atoms with van der Waals surface area (Å²) < 4.78 is 53.2. The van der Waals surface area contributed by atoms with E-state index in [1.165, 1.54) is 28.2 Å². The summed E-state index contributed by atoms with van der Waals surface area (Å²) in [5, 5.41) is 7.40. The van der Waals surface area contributed by atoms with Crippen molar-refractivity contribution in [1.29, 1.82) is 0 Å². The van der Waals surface area contributed by atoms with Crippen molar-refractivity contribution >= 4 is 43.1 Å². The van der Waals surface area contributed by atoms with Crippen LogP contribution in [0.15, 0.2) is 53.4 Å². The van der Waals surface area contributed by atoms with E-state index in [0.29, 0.717) is 26.9 Å². The summed E-state index contributed by atoms with van der Waals surface area (Å²) in [6.45, 7) is 1.73. The third kappa shape index (κ3) is 4.62. The summed E-state index contributed by atoms with van der Waals surface area (Å²) in [4.78, 5) is 16.8. The number of nitrogens with one attached hydrogen (secondary N) is 1. The fraction of sp³-hybridized carbons (Fsp3) is 0.150. The van der Waals surface area contributed by atoms with Crippen molar-refractivity contribution in [3.8, 4) is 5.13 Å². The van der Waals surface area contributed by atoms with E-state index in [1.807, 2.05) is 0 Å². The molecule has 2 aromatic carbocycles. The van der Waals surface area contributed by atoms with Crippen LogP contribution in [0.1, 0.15) is 12.1 Å². The standard InChI is InChI=1S/C20H16F2N4O3S2/c1-12-10-18(26(25-12)20-23-16-7-4-14(22)11-17(16)30-20)24-19(27)8-9-31(28,29)15-5-2-13(21)3-6-15/h2-7,10-11H,8-9H2,1H3,(H,24,27). The van der Waals surface area contributed by atoms with Crippen molar-refractivity contribution in [2.45, 2.75) is 18.2 Å². The van der Waals surface area contributed by atoms with E-state index in [9.17, 15) is 22.0 Å². The lowest BCUT2D eigenvalue weighted by atomic mass is 10.3. The topological polar surface area (TPSA) is 94.0 Å². The molecule has 2 aromatic heterocycles. The number of anilines is 1. The number of sulfone groups is 1. The quantitative estimate of drug-likeness (QED) is 0.439. The number of carbonyl (C=O) groups is 1. The van der Waals surface area contributed by atoms with Crippen LogP contribution in [0.2, 0.25) is 0 Å². The van der Waals surface area contributed by atoms with E-state index in [4.69, 9.17) is 0 Å². The fourth-order valence-electron chi connectivity index (χ4n) is 2.90. The molecular formula is C20H16F2N4O3S2. The van der Waals surface area contributed by atoms with E-state index < -0.39 is 27.3 Å². The number of nitrogens with zero attached hydrogens (tertiary/aromatic N) is 3. The first-order valence-electron chi connectivity index (χ1n) is 9.12. The Morgan fingerprint density at radius 1 is 1.10 bits per heavy atom. The first-order valence-corrected chi connectivity index (χ1v) is 11.6. The van der Waals surface area contributed by atoms with Crippen LogP contribution in [0, 0.1) is 18.6 Å². The molecule has 160 valence electrons. The number of hydrogen-bond acceptors (Lipinski definition) is 6. The summed E-state index contributed by atoms with van der Waals surface area (Å²) in [5.74, 6) is -1.56. The molecule has 0 radical (unpaired) electrons. The second-order valence-corrected chi connectivity index (χ2v) is 9.88. The Balaban J connectivity index is 1.50. The molecule has 0 aliphatic rings. The van der Waals surface area contributed by atoms with Crippen LogP contribution < -0.4 is 5.32 Å². The highest BCUT2D eigenvalue weighted by atomic mass is 32.2. The minimum atomic E-state index is -3.74. The van der Waals surface area contributed by atoms with Crippen LogP contribution in [0.4, 0.5) is 14.6 Å². The van der Waals surface area contributed by atoms with Gasteiger partial charge in [0.15, 0.2) is 9.84 Å². The van der Waals surface area contributed by atoms with E-state index in [-0.39, 0.29) is 17.1 Å². The number of rotatable bonds is 6. The smallest absolute Gasteiger partial charge is 0.226 e. The summed E-state index contributed by atoms with van der Waals surface area (Å²) in [6.07, 6.45) is -0.297. The number of amides is 1. The number of aromatic nitrogens is 3. The Morgan fingerprint density at radius 2 is 1.81 bits per heavy atom. The highest BCUT2D eigenvalue weighted by Gasteiger charge is 2.19. The molecule has 7 nitrogen and oxygen atoms in total. The van der Waals surface area contributed by atoms with Gasteiger partial charge in [0.1, 0.15) is 17.5 Å². The summed E-state index contributed by atoms with van der Waals surface area (Å²) >= 11 is 1.21. The molecule has 0 saturated heterocycles. The van der Waals surface area contributed by atoms with Gasteiger partial charge in [0.25, 0.3) is 0 Å². The van der Waals surface area contributed by atoms with Gasteiger partial charge in [-0.2, -0.15) is 9.78 Å². The van der Waals surface area contributed by atoms with Gasteiger partial charge in [-0.25, -0.2) is 22.2 Å². The highest BCUT2D eigenvalue weighted by Crippen LogP contribution is 2.28. The van der Waals surface area contributed by atoms with Crippen LogP contribution in [0.25, 0.3) is 15.3 Å². The Kier molecular flexibility index (Phi) is 5.54. The van der Waals surface area contributed by atoms with Crippen LogP contribution in [0.3, 0.4) is 0 Å². The van der Waals surface area contributed by atoms with Crippen molar-refractivity contribution in [3.63, 3.8) is 0 Å². The SMILES string of the molecule is Cc1cc(NC(=O)CCS(=O)(=O)c2ccc(F)cc2)n(-c2nc3ccc(F)cc3s2)n1. The summed E-state index contributed by atoms with van der Waals surface area (Å²) in [5.41, 5.74) is 1.21. The number of thiazole rings is 1. The largest absolute Gasteiger partial charge is 0.310 e. The molecule has 0 saturated carbocycles. The maximum atomic E-state index is 13.5. The number of aryl methyl sites for hydroxylation is 1. The van der Waals surface area contributed by atoms with Crippen LogP contribution >= 0.6 is 11.3 Å². The minimum Gasteiger partial charge on any atom is -0.310 e. The van der Waals surface area contributed by atoms with Crippen molar-refractivity contribution in [3.05, 3.63) is 65.9 Å². The van der Waals surface area contributed by atoms with E-state index in [2.05, 4.69) is 15.4 Å². The molecule has 1 N–H and O–H groups in total. The van der Waals surface area contributed by atoms with E-state index in [0.717, 1.165) is 24.3 Å². The third-order valence-corrected chi connectivity index (χ3v) is 7.12. The zero-order valence-corrected chi connectivity index (χ0v) is 17.8. The molecule has 0 bridgehead atoms. The second kappa shape index (κ2) is 8.16. The minimum absolute atomic E-state index is 0.0516. The number of halogens is 2. The number of carbonyl (C=O) groups excluding carboxylic acids is 1. The predicted octanol–water partition coefficient (Wildman–Crippen LogP) is 3.87. The van der Waals surface area contributed by atoms with Gasteiger partial charge < -0.3 is 5.32 Å². The van der Waals surface area contributed by atoms with Gasteiger partial charge in [0, 0.05) is 12.5 Å². The van der Waals surface area contributed by atoms with Gasteiger partial charge in [0.05, 0.1) is 26.6 Å². The number of hydrogen-bond donors (Lipinski definition) is 1. The third-order valence-electron chi connectivity index (χ3n) is 4.39. The van der Waals surface area contributed by atoms with Crippen molar-refractivity contribution in [1.82, 2.24) is 14.8 Å². The van der Waals surface area contributed by atoms with Gasteiger partial charge >= 0.3 is 0 Å². The van der Waals surface area contributed by atoms with E-state index >= 15 is 0 Å². The Bertz CT molecular complexity index is 1380. The average Bonchev–Trinajstić information content (AvgIpc) is 3.29. The first kappa shape index (κ1) is 21.1. The van der Waals surface area contributed by atoms with Crippen LogP contribution in [0.5, 0.6) is 0 Å². The van der Waals surface area contributed by atoms with Gasteiger partial charge in [-0.15, -0.1) is 0 Å². The lowest BCUT2D eigenvalue weighted by Crippen LogP contribution is -2.19. The molecule has 31 heavy (non-hydrogen) atoms. The first-order chi connectivity index (χ1) is 14.7. The lowest BCUT2D eigenvalue weighted by Gasteiger charge is -2.07. The highest BCUT2D eigenvalue weighted by molar-refractivity contribution is 7.91. The predicted molar refractivity (Wildman–Crippen MR) is 113 cm³/mol. The zero-order valence-electron chi connectivity index (χ0n) is 16.2. The molecule has 11 heteroatoms. The molecule has 0 unspecified atom stereocenters. The Morgan fingerprint density at radius 3 is 2.55 bits per heavy atom. The van der Waals surface area contributed by atoms with Gasteiger partial charge in [-0.3, -0.25) is 4.79 Å². The molecular weight excluding hydrogens is 446 g/mol. The van der Waals surface area contributed by atoms with Crippen molar-refractivity contribution in [2.75, 3.05) is 11.1 Å². The Hall–Kier alpha value is -3.18. The van der Waals surface area contributed by atoms with Gasteiger partial charge in [0.2, 0.25) is 11.0 Å². The van der Waals surface area contributed by atoms with Gasteiger partial charge in [-0.1, -0.05) is 11.3 Å². The van der Waals surface area contributed by atoms with Crippen molar-refractivity contribution < 1.29 is 22.0 Å². The molecule has 0 aliphatic carbocycles. The molecule has 0 spiro atoms. The fourth-order valence-corrected chi connectivity index (χ4v) is 5.10. The monoisotopic (exact) mass is 462 g/mol. The average molecular weight is 463 g/mol. The number of fused-ring (bicyclic) bond motifs is 1. The van der Waals surface area contributed by atoms with Crippen LogP contribution in [-0.2, 0) is 14.6 Å². The normalized spacial score (nSPS) is 11.7. The molecule has 4 rings (SSSR count). The molecule has 0 fully saturated rings.